The lowest BCUT2D eigenvalue weighted by atomic mass is 9.53. The molecule has 8 heteroatoms. The standard InChI is InChI=1S/C62H90O8/c1-15-17-19-44(33-42-25-31-54(65)50(37-42)60(9,10)11)46(27-21-40-23-29-52(63)48(35-40)58(3,4)5)62(57(69)70,39-56(67)68)47(28-22-41-24-30-53(64)49(36-41)59(6,7)8)45(20-18-16-2)34-43-26-32-55(66)51(38-43)61(12,13)14/h23-26,29-32,35-38,44-47,63-66H,15-22,27-28,33-34,39H2,1-14H3,(H,67,68)(H,69,70). The zero-order chi connectivity index (χ0) is 52.6. The first-order chi connectivity index (χ1) is 32.4. The highest BCUT2D eigenvalue weighted by Crippen LogP contribution is 2.54. The lowest BCUT2D eigenvalue weighted by molar-refractivity contribution is -0.171. The van der Waals surface area contributed by atoms with E-state index in [0.717, 1.165) is 70.2 Å². The number of rotatable bonds is 23. The van der Waals surface area contributed by atoms with Crippen molar-refractivity contribution in [2.24, 2.45) is 29.1 Å². The topological polar surface area (TPSA) is 156 Å². The number of aliphatic carboxylic acids is 2. The lowest BCUT2D eigenvalue weighted by Crippen LogP contribution is -2.52. The predicted molar refractivity (Wildman–Crippen MR) is 287 cm³/mol. The molecule has 4 aromatic rings. The Bertz CT molecular complexity index is 2220. The molecule has 4 unspecified atom stereocenters. The normalized spacial score (nSPS) is 15.2. The Morgan fingerprint density at radius 2 is 0.729 bits per heavy atom. The Morgan fingerprint density at radius 3 is 0.986 bits per heavy atom. The molecule has 0 spiro atoms. The molecule has 0 radical (unpaired) electrons. The molecule has 0 aromatic heterocycles. The van der Waals surface area contributed by atoms with Gasteiger partial charge in [0.15, 0.2) is 0 Å². The van der Waals surface area contributed by atoms with Crippen molar-refractivity contribution >= 4 is 11.9 Å². The SMILES string of the molecule is CCCCC(Cc1ccc(O)c(C(C)(C)C)c1)C(CCc1ccc(O)c(C(C)(C)C)c1)C(CC(=O)O)(C(=O)O)C(CCc1ccc(O)c(C(C)(C)C)c1)C(CCCC)Cc1ccc(O)c(C(C)(C)C)c1. The van der Waals surface area contributed by atoms with E-state index < -0.39 is 35.6 Å². The molecule has 8 nitrogen and oxygen atoms in total. The maximum atomic E-state index is 15.2. The van der Waals surface area contributed by atoms with Gasteiger partial charge in [-0.15, -0.1) is 0 Å². The van der Waals surface area contributed by atoms with Gasteiger partial charge < -0.3 is 30.6 Å². The van der Waals surface area contributed by atoms with E-state index in [-0.39, 0.29) is 56.5 Å². The summed E-state index contributed by atoms with van der Waals surface area (Å²) < 4.78 is 0. The molecule has 386 valence electrons. The largest absolute Gasteiger partial charge is 0.508 e. The molecule has 70 heavy (non-hydrogen) atoms. The molecule has 0 fully saturated rings. The number of carboxylic acids is 2. The third-order valence-electron chi connectivity index (χ3n) is 15.1. The molecular weight excluding hydrogens is 873 g/mol. The van der Waals surface area contributed by atoms with Crippen LogP contribution in [-0.2, 0) is 56.9 Å². The molecule has 0 heterocycles. The van der Waals surface area contributed by atoms with Crippen molar-refractivity contribution in [1.82, 2.24) is 0 Å². The number of carbonyl (C=O) groups is 2. The second-order valence-corrected chi connectivity index (χ2v) is 24.8. The number of hydrogen-bond acceptors (Lipinski definition) is 6. The number of benzene rings is 4. The van der Waals surface area contributed by atoms with Crippen LogP contribution < -0.4 is 0 Å². The molecular formula is C62H90O8. The number of hydrogen-bond donors (Lipinski definition) is 6. The van der Waals surface area contributed by atoms with Crippen LogP contribution >= 0.6 is 0 Å². The van der Waals surface area contributed by atoms with E-state index in [0.29, 0.717) is 51.4 Å². The second kappa shape index (κ2) is 23.5. The van der Waals surface area contributed by atoms with E-state index in [1.807, 2.05) is 36.4 Å². The maximum absolute atomic E-state index is 15.2. The molecule has 4 rings (SSSR count). The highest BCUT2D eigenvalue weighted by atomic mass is 16.4. The zero-order valence-corrected chi connectivity index (χ0v) is 45.4. The molecule has 4 aromatic carbocycles. The first kappa shape index (κ1) is 57.6. The first-order valence-electron chi connectivity index (χ1n) is 26.2. The fourth-order valence-electron chi connectivity index (χ4n) is 11.4. The van der Waals surface area contributed by atoms with E-state index in [2.05, 4.69) is 109 Å². The van der Waals surface area contributed by atoms with E-state index in [4.69, 9.17) is 0 Å². The third kappa shape index (κ3) is 14.8. The Labute approximate surface area is 422 Å². The number of unbranched alkanes of at least 4 members (excludes halogenated alkanes) is 2. The summed E-state index contributed by atoms with van der Waals surface area (Å²) in [6.45, 7) is 29.0. The third-order valence-corrected chi connectivity index (χ3v) is 15.1. The lowest BCUT2D eigenvalue weighted by Gasteiger charge is -2.49. The minimum Gasteiger partial charge on any atom is -0.508 e. The van der Waals surface area contributed by atoms with Gasteiger partial charge >= 0.3 is 11.9 Å². The average Bonchev–Trinajstić information content (AvgIpc) is 3.24. The van der Waals surface area contributed by atoms with Crippen LogP contribution in [0.4, 0.5) is 0 Å². The number of phenols is 4. The fourth-order valence-corrected chi connectivity index (χ4v) is 11.4. The van der Waals surface area contributed by atoms with Gasteiger partial charge in [0.1, 0.15) is 23.0 Å². The summed E-state index contributed by atoms with van der Waals surface area (Å²) in [5.41, 5.74) is 3.82. The molecule has 0 saturated carbocycles. The van der Waals surface area contributed by atoms with Crippen LogP contribution in [0.5, 0.6) is 23.0 Å². The smallest absolute Gasteiger partial charge is 0.310 e. The van der Waals surface area contributed by atoms with Gasteiger partial charge in [0.05, 0.1) is 11.8 Å². The Hall–Kier alpha value is -4.98. The highest BCUT2D eigenvalue weighted by molar-refractivity contribution is 5.82. The number of phenolic OH excluding ortho intramolecular Hbond substituents is 4. The van der Waals surface area contributed by atoms with Crippen molar-refractivity contribution in [3.63, 3.8) is 0 Å². The number of aryl methyl sites for hydroxylation is 2. The molecule has 6 N–H and O–H groups in total. The van der Waals surface area contributed by atoms with Gasteiger partial charge in [0, 0.05) is 0 Å². The van der Waals surface area contributed by atoms with Crippen molar-refractivity contribution in [2.45, 2.75) is 202 Å². The molecule has 0 amide bonds. The molecule has 4 atom stereocenters. The molecule has 0 aliphatic heterocycles. The van der Waals surface area contributed by atoms with Gasteiger partial charge in [0.2, 0.25) is 0 Å². The fraction of sp³-hybridized carbons (Fsp3) is 0.581. The monoisotopic (exact) mass is 963 g/mol. The average molecular weight is 963 g/mol. The van der Waals surface area contributed by atoms with Crippen molar-refractivity contribution in [3.8, 4) is 23.0 Å². The predicted octanol–water partition coefficient (Wildman–Crippen LogP) is 15.1. The van der Waals surface area contributed by atoms with Crippen molar-refractivity contribution in [2.75, 3.05) is 0 Å². The van der Waals surface area contributed by atoms with Crippen LogP contribution in [0.1, 0.15) is 199 Å². The quantitative estimate of drug-likeness (QED) is 0.0429. The Kier molecular flexibility index (Phi) is 19.3. The highest BCUT2D eigenvalue weighted by Gasteiger charge is 2.56. The summed E-state index contributed by atoms with van der Waals surface area (Å²) in [6.07, 6.45) is 6.88. The Morgan fingerprint density at radius 1 is 0.443 bits per heavy atom. The van der Waals surface area contributed by atoms with E-state index in [1.54, 1.807) is 24.3 Å². The van der Waals surface area contributed by atoms with Gasteiger partial charge in [-0.3, -0.25) is 9.59 Å². The van der Waals surface area contributed by atoms with Gasteiger partial charge in [0.25, 0.3) is 0 Å². The van der Waals surface area contributed by atoms with Crippen LogP contribution in [0, 0.1) is 29.1 Å². The van der Waals surface area contributed by atoms with Crippen molar-refractivity contribution in [3.05, 3.63) is 117 Å². The van der Waals surface area contributed by atoms with Gasteiger partial charge in [-0.1, -0.05) is 171 Å². The summed E-state index contributed by atoms with van der Waals surface area (Å²) in [7, 11) is 0. The summed E-state index contributed by atoms with van der Waals surface area (Å²) in [6, 6.07) is 22.8. The van der Waals surface area contributed by atoms with Crippen LogP contribution in [0.15, 0.2) is 72.8 Å². The summed E-state index contributed by atoms with van der Waals surface area (Å²) in [5.74, 6) is -3.22. The molecule has 0 aliphatic carbocycles. The summed E-state index contributed by atoms with van der Waals surface area (Å²) in [4.78, 5) is 29.1. The van der Waals surface area contributed by atoms with Crippen LogP contribution in [0.25, 0.3) is 0 Å². The number of aromatic hydroxyl groups is 4. The van der Waals surface area contributed by atoms with E-state index in [9.17, 15) is 35.4 Å². The van der Waals surface area contributed by atoms with E-state index in [1.165, 1.54) is 0 Å². The minimum absolute atomic E-state index is 0.202. The van der Waals surface area contributed by atoms with Gasteiger partial charge in [-0.25, -0.2) is 0 Å². The van der Waals surface area contributed by atoms with Crippen LogP contribution in [-0.4, -0.2) is 42.6 Å². The van der Waals surface area contributed by atoms with Gasteiger partial charge in [-0.05, 0) is 165 Å². The molecule has 0 aliphatic rings. The number of carboxylic acid groups (broad SMARTS) is 2. The zero-order valence-electron chi connectivity index (χ0n) is 45.4. The maximum Gasteiger partial charge on any atom is 0.310 e. The Balaban J connectivity index is 2.14. The first-order valence-corrected chi connectivity index (χ1v) is 26.2. The minimum atomic E-state index is -1.76. The van der Waals surface area contributed by atoms with Crippen molar-refractivity contribution in [1.29, 1.82) is 0 Å². The van der Waals surface area contributed by atoms with E-state index >= 15 is 4.79 Å². The van der Waals surface area contributed by atoms with Crippen LogP contribution in [0.3, 0.4) is 0 Å². The second-order valence-electron chi connectivity index (χ2n) is 24.8. The molecule has 0 bridgehead atoms. The van der Waals surface area contributed by atoms with Crippen LogP contribution in [0.2, 0.25) is 0 Å². The molecule has 0 saturated heterocycles. The summed E-state index contributed by atoms with van der Waals surface area (Å²) >= 11 is 0. The van der Waals surface area contributed by atoms with Crippen molar-refractivity contribution < 1.29 is 40.2 Å². The van der Waals surface area contributed by atoms with Gasteiger partial charge in [-0.2, -0.15) is 0 Å². The summed E-state index contributed by atoms with van der Waals surface area (Å²) in [5, 5.41) is 68.1.